The summed E-state index contributed by atoms with van der Waals surface area (Å²) in [6.07, 6.45) is 0. The zero-order valence-corrected chi connectivity index (χ0v) is 13.4. The van der Waals surface area contributed by atoms with E-state index in [4.69, 9.17) is 21.1 Å². The predicted molar refractivity (Wildman–Crippen MR) is 86.6 cm³/mol. The van der Waals surface area contributed by atoms with Crippen LogP contribution in [0.5, 0.6) is 0 Å². The number of halogens is 2. The van der Waals surface area contributed by atoms with Crippen molar-refractivity contribution in [2.75, 3.05) is 0 Å². The fourth-order valence-corrected chi connectivity index (χ4v) is 2.87. The summed E-state index contributed by atoms with van der Waals surface area (Å²) in [6, 6.07) is 12.0. The molecule has 0 amide bonds. The van der Waals surface area contributed by atoms with Crippen LogP contribution in [0.25, 0.3) is 11.5 Å². The molecular formula is C16H12ClFN2O2S. The van der Waals surface area contributed by atoms with Gasteiger partial charge in [0.05, 0.1) is 11.6 Å². The molecule has 118 valence electrons. The molecule has 0 bridgehead atoms. The maximum Gasteiger partial charge on any atom is 0.277 e. The van der Waals surface area contributed by atoms with Gasteiger partial charge in [0, 0.05) is 11.3 Å². The second kappa shape index (κ2) is 7.12. The molecule has 0 fully saturated rings. The van der Waals surface area contributed by atoms with E-state index >= 15 is 0 Å². The monoisotopic (exact) mass is 350 g/mol. The zero-order chi connectivity index (χ0) is 16.2. The number of aliphatic hydroxyl groups is 1. The lowest BCUT2D eigenvalue weighted by atomic mass is 10.1. The Morgan fingerprint density at radius 2 is 1.91 bits per heavy atom. The summed E-state index contributed by atoms with van der Waals surface area (Å²) >= 11 is 6.99. The first-order valence-corrected chi connectivity index (χ1v) is 8.13. The minimum atomic E-state index is -0.430. The Bertz CT molecular complexity index is 808. The van der Waals surface area contributed by atoms with E-state index in [1.165, 1.54) is 17.8 Å². The smallest absolute Gasteiger partial charge is 0.277 e. The molecule has 0 aliphatic heterocycles. The van der Waals surface area contributed by atoms with Crippen molar-refractivity contribution in [2.24, 2.45) is 0 Å². The first-order valence-electron chi connectivity index (χ1n) is 6.76. The van der Waals surface area contributed by atoms with Gasteiger partial charge in [-0.15, -0.1) is 10.2 Å². The van der Waals surface area contributed by atoms with Crippen LogP contribution in [0.3, 0.4) is 0 Å². The molecule has 1 N–H and O–H groups in total. The van der Waals surface area contributed by atoms with E-state index in [1.807, 2.05) is 0 Å². The van der Waals surface area contributed by atoms with E-state index in [0.29, 0.717) is 22.4 Å². The molecule has 0 atom stereocenters. The van der Waals surface area contributed by atoms with Crippen molar-refractivity contribution in [1.29, 1.82) is 0 Å². The third-order valence-electron chi connectivity index (χ3n) is 3.17. The van der Waals surface area contributed by atoms with Gasteiger partial charge in [0.25, 0.3) is 5.22 Å². The van der Waals surface area contributed by atoms with Gasteiger partial charge >= 0.3 is 0 Å². The molecule has 0 spiro atoms. The fraction of sp³-hybridized carbons (Fsp3) is 0.125. The lowest BCUT2D eigenvalue weighted by Gasteiger charge is -2.01. The largest absolute Gasteiger partial charge is 0.411 e. The molecule has 0 radical (unpaired) electrons. The number of hydrogen-bond acceptors (Lipinski definition) is 5. The van der Waals surface area contributed by atoms with Gasteiger partial charge in [0.1, 0.15) is 5.82 Å². The van der Waals surface area contributed by atoms with Gasteiger partial charge in [0.15, 0.2) is 0 Å². The molecule has 0 saturated carbocycles. The molecule has 1 heterocycles. The third kappa shape index (κ3) is 3.72. The van der Waals surface area contributed by atoms with Crippen molar-refractivity contribution in [1.82, 2.24) is 10.2 Å². The molecule has 1 aromatic heterocycles. The molecule has 0 aliphatic rings. The van der Waals surface area contributed by atoms with Crippen molar-refractivity contribution in [3.63, 3.8) is 0 Å². The molecule has 0 aliphatic carbocycles. The average molecular weight is 351 g/mol. The van der Waals surface area contributed by atoms with Crippen molar-refractivity contribution < 1.29 is 13.9 Å². The first-order chi connectivity index (χ1) is 11.2. The van der Waals surface area contributed by atoms with E-state index in [0.717, 1.165) is 11.1 Å². The van der Waals surface area contributed by atoms with Crippen molar-refractivity contribution in [2.45, 2.75) is 17.6 Å². The second-order valence-corrected chi connectivity index (χ2v) is 6.06. The second-order valence-electron chi connectivity index (χ2n) is 4.73. The minimum Gasteiger partial charge on any atom is -0.411 e. The number of nitrogens with zero attached hydrogens (tertiary/aromatic N) is 2. The van der Waals surface area contributed by atoms with Crippen LogP contribution >= 0.6 is 23.4 Å². The Labute approximate surface area is 141 Å². The first kappa shape index (κ1) is 16.0. The van der Waals surface area contributed by atoms with E-state index in [2.05, 4.69) is 10.2 Å². The Balaban J connectivity index is 1.70. The normalized spacial score (nSPS) is 10.9. The minimum absolute atomic E-state index is 0.0174. The summed E-state index contributed by atoms with van der Waals surface area (Å²) in [5.41, 5.74) is 2.05. The van der Waals surface area contributed by atoms with Gasteiger partial charge in [-0.05, 0) is 29.3 Å². The molecule has 0 saturated heterocycles. The Morgan fingerprint density at radius 1 is 1.13 bits per heavy atom. The Kier molecular flexibility index (Phi) is 4.95. The number of thioether (sulfide) groups is 1. The topological polar surface area (TPSA) is 59.2 Å². The molecule has 2 aromatic carbocycles. The SMILES string of the molecule is OCc1ccc(-c2nnc(SCc3cccc(Cl)c3F)o2)cc1. The van der Waals surface area contributed by atoms with Gasteiger partial charge in [-0.2, -0.15) is 0 Å². The maximum atomic E-state index is 13.8. The van der Waals surface area contributed by atoms with Crippen LogP contribution in [0.15, 0.2) is 52.1 Å². The van der Waals surface area contributed by atoms with Crippen molar-refractivity contribution in [3.8, 4) is 11.5 Å². The molecule has 4 nitrogen and oxygen atoms in total. The quantitative estimate of drug-likeness (QED) is 0.695. The maximum absolute atomic E-state index is 13.8. The summed E-state index contributed by atoms with van der Waals surface area (Å²) in [6.45, 7) is -0.0174. The summed E-state index contributed by atoms with van der Waals surface area (Å²) < 4.78 is 19.4. The van der Waals surface area contributed by atoms with Gasteiger partial charge in [-0.25, -0.2) is 4.39 Å². The summed E-state index contributed by atoms with van der Waals surface area (Å²) in [5, 5.41) is 17.4. The molecule has 0 unspecified atom stereocenters. The van der Waals surface area contributed by atoms with Crippen LogP contribution in [0.4, 0.5) is 4.39 Å². The number of aliphatic hydroxyl groups excluding tert-OH is 1. The number of benzene rings is 2. The summed E-state index contributed by atoms with van der Waals surface area (Å²) in [5.74, 6) is 0.293. The van der Waals surface area contributed by atoms with Crippen LogP contribution in [0, 0.1) is 5.82 Å². The Morgan fingerprint density at radius 3 is 2.65 bits per heavy atom. The molecule has 3 rings (SSSR count). The highest BCUT2D eigenvalue weighted by molar-refractivity contribution is 7.98. The van der Waals surface area contributed by atoms with E-state index in [9.17, 15) is 4.39 Å². The van der Waals surface area contributed by atoms with Gasteiger partial charge in [-0.1, -0.05) is 47.6 Å². The number of hydrogen-bond donors (Lipinski definition) is 1. The van der Waals surface area contributed by atoms with Crippen molar-refractivity contribution >= 4 is 23.4 Å². The van der Waals surface area contributed by atoms with E-state index in [-0.39, 0.29) is 11.6 Å². The van der Waals surface area contributed by atoms with Crippen LogP contribution in [0.2, 0.25) is 5.02 Å². The number of rotatable bonds is 5. The highest BCUT2D eigenvalue weighted by Gasteiger charge is 2.12. The van der Waals surface area contributed by atoms with E-state index in [1.54, 1.807) is 36.4 Å². The van der Waals surface area contributed by atoms with Crippen LogP contribution < -0.4 is 0 Å². The lowest BCUT2D eigenvalue weighted by Crippen LogP contribution is -1.88. The predicted octanol–water partition coefficient (Wildman–Crippen LogP) is 4.31. The van der Waals surface area contributed by atoms with Crippen LogP contribution in [-0.4, -0.2) is 15.3 Å². The van der Waals surface area contributed by atoms with Gasteiger partial charge in [-0.3, -0.25) is 0 Å². The summed E-state index contributed by atoms with van der Waals surface area (Å²) in [7, 11) is 0. The highest BCUT2D eigenvalue weighted by Crippen LogP contribution is 2.28. The standard InChI is InChI=1S/C16H12ClFN2O2S/c17-13-3-1-2-12(14(13)18)9-23-16-20-19-15(22-16)11-6-4-10(8-21)5-7-11/h1-7,21H,8-9H2. The molecular weight excluding hydrogens is 339 g/mol. The molecule has 3 aromatic rings. The Hall–Kier alpha value is -1.89. The fourth-order valence-electron chi connectivity index (χ4n) is 1.94. The van der Waals surface area contributed by atoms with Gasteiger partial charge in [0.2, 0.25) is 5.89 Å². The van der Waals surface area contributed by atoms with Gasteiger partial charge < -0.3 is 9.52 Å². The van der Waals surface area contributed by atoms with E-state index < -0.39 is 5.82 Å². The number of aromatic nitrogens is 2. The van der Waals surface area contributed by atoms with Crippen molar-refractivity contribution in [3.05, 3.63) is 64.4 Å². The third-order valence-corrected chi connectivity index (χ3v) is 4.33. The molecule has 23 heavy (non-hydrogen) atoms. The highest BCUT2D eigenvalue weighted by atomic mass is 35.5. The average Bonchev–Trinajstić information content (AvgIpc) is 3.05. The van der Waals surface area contributed by atoms with Crippen LogP contribution in [0.1, 0.15) is 11.1 Å². The lowest BCUT2D eigenvalue weighted by molar-refractivity contribution is 0.282. The van der Waals surface area contributed by atoms with Crippen LogP contribution in [-0.2, 0) is 12.4 Å². The summed E-state index contributed by atoms with van der Waals surface area (Å²) in [4.78, 5) is 0. The zero-order valence-electron chi connectivity index (χ0n) is 11.9. The molecule has 7 heteroatoms.